The lowest BCUT2D eigenvalue weighted by Gasteiger charge is -2.30. The van der Waals surface area contributed by atoms with Gasteiger partial charge in [-0.25, -0.2) is 4.79 Å². The summed E-state index contributed by atoms with van der Waals surface area (Å²) in [6, 6.07) is -3.78. The molecule has 0 saturated heterocycles. The fourth-order valence-corrected chi connectivity index (χ4v) is 8.08. The smallest absolute Gasteiger partial charge is 0.326 e. The molecule has 12 atom stereocenters. The molecule has 0 unspecified atom stereocenters. The van der Waals surface area contributed by atoms with Crippen LogP contribution < -0.4 is 70.8 Å². The van der Waals surface area contributed by atoms with E-state index in [2.05, 4.69) is 47.9 Å². The number of aliphatic carboxylic acids is 1. The number of aliphatic hydroxyl groups excluding tert-OH is 2. The quantitative estimate of drug-likeness (QED) is 0.0287. The molecule has 1 aromatic rings. The van der Waals surface area contributed by atoms with E-state index in [1.165, 1.54) is 13.8 Å². The van der Waals surface area contributed by atoms with Crippen molar-refractivity contribution >= 4 is 65.0 Å². The Labute approximate surface area is 468 Å². The second kappa shape index (κ2) is 37.2. The van der Waals surface area contributed by atoms with Crippen LogP contribution in [-0.4, -0.2) is 167 Å². The summed E-state index contributed by atoms with van der Waals surface area (Å²) in [4.78, 5) is 146. The molecular formula is C53H91N13O14. The highest BCUT2D eigenvalue weighted by Crippen LogP contribution is 2.14. The summed E-state index contributed by atoms with van der Waals surface area (Å²) in [6.07, 6.45) is -1.34. The van der Waals surface area contributed by atoms with Crippen molar-refractivity contribution in [3.63, 3.8) is 0 Å². The molecule has 1 aromatic carbocycles. The lowest BCUT2D eigenvalue weighted by atomic mass is 9.96. The van der Waals surface area contributed by atoms with Crippen LogP contribution in [-0.2, 0) is 59.2 Å². The largest absolute Gasteiger partial charge is 0.480 e. The highest BCUT2D eigenvalue weighted by molar-refractivity contribution is 5.98. The van der Waals surface area contributed by atoms with Crippen LogP contribution in [0.25, 0.3) is 0 Å². The van der Waals surface area contributed by atoms with Gasteiger partial charge in [0.05, 0.1) is 24.8 Å². The van der Waals surface area contributed by atoms with Crippen molar-refractivity contribution in [3.8, 4) is 0 Å². The Kier molecular flexibility index (Phi) is 33.1. The zero-order valence-electron chi connectivity index (χ0n) is 47.5. The van der Waals surface area contributed by atoms with E-state index in [9.17, 15) is 68.1 Å². The third-order valence-corrected chi connectivity index (χ3v) is 13.0. The summed E-state index contributed by atoms with van der Waals surface area (Å²) < 4.78 is 0. The van der Waals surface area contributed by atoms with Crippen LogP contribution in [0.15, 0.2) is 30.3 Å². The minimum Gasteiger partial charge on any atom is -0.480 e. The second-order valence-corrected chi connectivity index (χ2v) is 20.9. The number of rotatable bonds is 39. The first-order chi connectivity index (χ1) is 37.6. The molecule has 0 radical (unpaired) electrons. The number of nitrogens with one attached hydrogen (secondary N) is 9. The van der Waals surface area contributed by atoms with Gasteiger partial charge in [0.15, 0.2) is 0 Å². The molecule has 0 bridgehead atoms. The molecule has 0 aliphatic heterocycles. The van der Waals surface area contributed by atoms with Gasteiger partial charge in [-0.2, -0.15) is 0 Å². The van der Waals surface area contributed by atoms with Crippen molar-refractivity contribution in [2.45, 2.75) is 193 Å². The first-order valence-corrected chi connectivity index (χ1v) is 27.3. The van der Waals surface area contributed by atoms with Gasteiger partial charge in [-0.3, -0.25) is 47.9 Å². The number of carboxylic acids is 1. The van der Waals surface area contributed by atoms with Crippen LogP contribution in [0.5, 0.6) is 0 Å². The van der Waals surface area contributed by atoms with Gasteiger partial charge in [0.25, 0.3) is 0 Å². The van der Waals surface area contributed by atoms with E-state index in [1.807, 2.05) is 0 Å². The molecule has 0 spiro atoms. The average molecular weight is 1130 g/mol. The minimum absolute atomic E-state index is 0.0267. The minimum atomic E-state index is -1.74. The van der Waals surface area contributed by atoms with Gasteiger partial charge in [-0.15, -0.1) is 0 Å². The van der Waals surface area contributed by atoms with Crippen LogP contribution in [0.3, 0.4) is 0 Å². The van der Waals surface area contributed by atoms with E-state index in [0.29, 0.717) is 44.2 Å². The molecule has 0 aliphatic carbocycles. The van der Waals surface area contributed by atoms with Gasteiger partial charge in [0.1, 0.15) is 48.3 Å². The molecular weight excluding hydrogens is 1040 g/mol. The van der Waals surface area contributed by atoms with E-state index in [1.54, 1.807) is 71.9 Å². The highest BCUT2D eigenvalue weighted by Gasteiger charge is 2.38. The monoisotopic (exact) mass is 1130 g/mol. The molecule has 0 fully saturated rings. The molecule has 0 saturated carbocycles. The first-order valence-electron chi connectivity index (χ1n) is 27.3. The van der Waals surface area contributed by atoms with Gasteiger partial charge < -0.3 is 86.1 Å². The maximum atomic E-state index is 14.3. The van der Waals surface area contributed by atoms with Crippen molar-refractivity contribution in [2.24, 2.45) is 40.7 Å². The van der Waals surface area contributed by atoms with Crippen LogP contribution in [0.2, 0.25) is 0 Å². The van der Waals surface area contributed by atoms with Crippen molar-refractivity contribution in [2.75, 3.05) is 19.6 Å². The lowest BCUT2D eigenvalue weighted by molar-refractivity contribution is -0.142. The first kappa shape index (κ1) is 71.2. The summed E-state index contributed by atoms with van der Waals surface area (Å²) in [7, 11) is 0. The van der Waals surface area contributed by atoms with Crippen LogP contribution >= 0.6 is 0 Å². The Morgan fingerprint density at radius 2 is 0.988 bits per heavy atom. The van der Waals surface area contributed by atoms with Crippen molar-refractivity contribution in [3.05, 3.63) is 35.9 Å². The number of amides is 10. The Morgan fingerprint density at radius 3 is 1.49 bits per heavy atom. The number of benzene rings is 1. The predicted molar refractivity (Wildman–Crippen MR) is 296 cm³/mol. The third kappa shape index (κ3) is 26.4. The number of carbonyl (C=O) groups excluding carboxylic acids is 10. The van der Waals surface area contributed by atoms with Gasteiger partial charge in [0.2, 0.25) is 59.1 Å². The summed E-state index contributed by atoms with van der Waals surface area (Å²) in [6.45, 7) is 12.4. The van der Waals surface area contributed by atoms with Gasteiger partial charge >= 0.3 is 5.97 Å². The summed E-state index contributed by atoms with van der Waals surface area (Å²) in [5, 5.41) is 53.5. The molecule has 20 N–H and O–H groups in total. The molecule has 27 heteroatoms. The number of unbranched alkanes of at least 4 members (excludes halogenated alkanes) is 2. The summed E-state index contributed by atoms with van der Waals surface area (Å²) in [5.74, 6) is -11.2. The van der Waals surface area contributed by atoms with E-state index in [-0.39, 0.29) is 51.0 Å². The van der Waals surface area contributed by atoms with E-state index in [4.69, 9.17) is 22.9 Å². The molecule has 0 aromatic heterocycles. The number of primary amides is 1. The number of nitrogens with two attached hydrogens (primary N) is 4. The number of hydrogen-bond acceptors (Lipinski definition) is 16. The number of hydrogen-bond donors (Lipinski definition) is 16. The fraction of sp³-hybridized carbons (Fsp3) is 0.679. The summed E-state index contributed by atoms with van der Waals surface area (Å²) >= 11 is 0. The lowest BCUT2D eigenvalue weighted by Crippen LogP contribution is -2.63. The zero-order valence-corrected chi connectivity index (χ0v) is 47.5. The summed E-state index contributed by atoms with van der Waals surface area (Å²) in [5.41, 5.74) is 23.1. The standard InChI is InChI=1S/C53H91N13O14/c1-9-30(6)42(64-45(71)34(56)21-22-39(57)69)51(77)62-38(26-33-17-11-10-12-18-33)48(74)63-41(29(4)5)50(76)60-35(19-13-15-23-54)46(72)66-44(32(8)68)52(78)61-37(25-28(2)3)47(73)65-43(31(7)67)49(75)58-27-40(70)59-36(53(79)80)20-14-16-24-55/h10-12,17-18,28-32,34-38,41-44,67-68H,9,13-16,19-27,54-56H2,1-8H3,(H2,57,69)(H,58,75)(H,59,70)(H,60,76)(H,61,78)(H,62,77)(H,63,74)(H,64,71)(H,65,73)(H,66,72)(H,79,80)/t30-,31+,32+,34-,35-,36-,37-,38-,41-,42-,43-,44-/m0/s1. The molecule has 0 aliphatic rings. The van der Waals surface area contributed by atoms with Crippen LogP contribution in [0.4, 0.5) is 0 Å². The number of carboxylic acid groups (broad SMARTS) is 1. The maximum absolute atomic E-state index is 14.3. The molecule has 80 heavy (non-hydrogen) atoms. The topological polar surface area (TPSA) is 461 Å². The highest BCUT2D eigenvalue weighted by atomic mass is 16.4. The second-order valence-electron chi connectivity index (χ2n) is 20.9. The normalized spacial score (nSPS) is 15.8. The van der Waals surface area contributed by atoms with Crippen LogP contribution in [0, 0.1) is 17.8 Å². The molecule has 10 amide bonds. The van der Waals surface area contributed by atoms with E-state index < -0.39 is 150 Å². The molecule has 452 valence electrons. The Balaban J connectivity index is 3.42. The Morgan fingerprint density at radius 1 is 0.525 bits per heavy atom. The van der Waals surface area contributed by atoms with Crippen molar-refractivity contribution in [1.82, 2.24) is 47.9 Å². The van der Waals surface area contributed by atoms with E-state index in [0.717, 1.165) is 0 Å². The van der Waals surface area contributed by atoms with Gasteiger partial charge in [0, 0.05) is 12.8 Å². The molecule has 27 nitrogen and oxygen atoms in total. The van der Waals surface area contributed by atoms with Crippen LogP contribution in [0.1, 0.15) is 125 Å². The van der Waals surface area contributed by atoms with Gasteiger partial charge in [-0.1, -0.05) is 78.3 Å². The van der Waals surface area contributed by atoms with Crippen molar-refractivity contribution < 1.29 is 68.1 Å². The predicted octanol–water partition coefficient (Wildman–Crippen LogP) is -3.33. The van der Waals surface area contributed by atoms with Crippen molar-refractivity contribution in [1.29, 1.82) is 0 Å². The Bertz CT molecular complexity index is 2180. The maximum Gasteiger partial charge on any atom is 0.326 e. The third-order valence-electron chi connectivity index (χ3n) is 13.0. The SMILES string of the molecule is CC[C@H](C)[C@H](NC(=O)[C@@H](N)CCC(N)=O)C(=O)N[C@@H](Cc1ccccc1)C(=O)N[C@H](C(=O)N[C@@H](CCCCN)C(=O)N[C@H](C(=O)N[C@@H](CC(C)C)C(=O)N[C@H](C(=O)NCC(=O)N[C@@H](CCCCN)C(=O)O)[C@@H](C)O)[C@@H](C)O)C(C)C. The average Bonchev–Trinajstić information content (AvgIpc) is 3.39. The number of carbonyl (C=O) groups is 11. The molecule has 0 heterocycles. The Hall–Kier alpha value is -6.81. The molecule has 1 rings (SSSR count). The zero-order chi connectivity index (χ0) is 60.8. The van der Waals surface area contributed by atoms with E-state index >= 15 is 0 Å². The number of aliphatic hydroxyl groups is 2. The van der Waals surface area contributed by atoms with Gasteiger partial charge in [-0.05, 0) is 102 Å². The fourth-order valence-electron chi connectivity index (χ4n) is 8.08.